The first kappa shape index (κ1) is 35.3. The zero-order chi connectivity index (χ0) is 41.5. The van der Waals surface area contributed by atoms with E-state index < -0.39 is 0 Å². The highest BCUT2D eigenvalue weighted by Crippen LogP contribution is 2.59. The molecule has 62 heavy (non-hydrogen) atoms. The molecule has 2 heterocycles. The van der Waals surface area contributed by atoms with Crippen molar-refractivity contribution in [3.8, 4) is 66.8 Å². The molecule has 2 aliphatic carbocycles. The standard InChI is InChI=1S/C60H42O2/c1-59(2)51-33-41(39-19-27-55-49(31-39)47-29-37(17-25-53(47)61-55)35-11-7-5-8-12-35)15-21-43(51)45-23-24-46-44-22-16-42(34-52(44)60(3,4)58(46)57(45)59)40-20-28-56-50(32-40)48-30-38(18-26-54(48)62-56)36-13-9-6-10-14-36/h5-34H,1-4H3. The maximum atomic E-state index is 6.35. The Balaban J connectivity index is 0.872. The average Bonchev–Trinajstić information content (AvgIpc) is 4.00. The smallest absolute Gasteiger partial charge is 0.135 e. The monoisotopic (exact) mass is 794 g/mol. The van der Waals surface area contributed by atoms with Crippen LogP contribution in [0.5, 0.6) is 0 Å². The van der Waals surface area contributed by atoms with Gasteiger partial charge in [0.05, 0.1) is 0 Å². The van der Waals surface area contributed by atoms with Gasteiger partial charge in [-0.15, -0.1) is 0 Å². The molecule has 0 bridgehead atoms. The summed E-state index contributed by atoms with van der Waals surface area (Å²) in [6, 6.07) is 66.6. The van der Waals surface area contributed by atoms with Crippen LogP contribution in [-0.4, -0.2) is 0 Å². The predicted octanol–water partition coefficient (Wildman–Crippen LogP) is 16.8. The average molecular weight is 795 g/mol. The molecule has 2 heteroatoms. The van der Waals surface area contributed by atoms with Crippen LogP contribution in [0.1, 0.15) is 49.9 Å². The second-order valence-electron chi connectivity index (χ2n) is 18.5. The predicted molar refractivity (Wildman–Crippen MR) is 258 cm³/mol. The molecule has 11 aromatic rings. The fourth-order valence-electron chi connectivity index (χ4n) is 11.1. The molecule has 0 atom stereocenters. The van der Waals surface area contributed by atoms with E-state index in [0.717, 1.165) is 43.9 Å². The molecular weight excluding hydrogens is 753 g/mol. The molecule has 0 saturated carbocycles. The summed E-state index contributed by atoms with van der Waals surface area (Å²) in [6.07, 6.45) is 0. The number of hydrogen-bond acceptors (Lipinski definition) is 2. The zero-order valence-electron chi connectivity index (χ0n) is 35.1. The molecule has 294 valence electrons. The Morgan fingerprint density at radius 1 is 0.274 bits per heavy atom. The van der Waals surface area contributed by atoms with Gasteiger partial charge in [0, 0.05) is 32.4 Å². The Morgan fingerprint density at radius 2 is 0.565 bits per heavy atom. The first-order valence-electron chi connectivity index (χ1n) is 21.7. The van der Waals surface area contributed by atoms with Crippen LogP contribution in [0.4, 0.5) is 0 Å². The Labute approximate surface area is 360 Å². The van der Waals surface area contributed by atoms with Gasteiger partial charge in [0.2, 0.25) is 0 Å². The second kappa shape index (κ2) is 12.6. The number of fused-ring (bicyclic) bond motifs is 13. The van der Waals surface area contributed by atoms with Gasteiger partial charge in [-0.05, 0) is 150 Å². The molecule has 9 aromatic carbocycles. The maximum Gasteiger partial charge on any atom is 0.135 e. The summed E-state index contributed by atoms with van der Waals surface area (Å²) in [5.41, 5.74) is 24.0. The number of rotatable bonds is 4. The lowest BCUT2D eigenvalue weighted by atomic mass is 9.72. The summed E-state index contributed by atoms with van der Waals surface area (Å²) in [6.45, 7) is 9.71. The van der Waals surface area contributed by atoms with Crippen LogP contribution in [0.15, 0.2) is 191 Å². The van der Waals surface area contributed by atoms with E-state index in [1.807, 2.05) is 0 Å². The summed E-state index contributed by atoms with van der Waals surface area (Å²) in [4.78, 5) is 0. The van der Waals surface area contributed by atoms with Crippen molar-refractivity contribution >= 4 is 43.9 Å². The lowest BCUT2D eigenvalue weighted by molar-refractivity contribution is 0.601. The summed E-state index contributed by atoms with van der Waals surface area (Å²) in [5.74, 6) is 0. The fourth-order valence-corrected chi connectivity index (χ4v) is 11.1. The summed E-state index contributed by atoms with van der Waals surface area (Å²) in [7, 11) is 0. The van der Waals surface area contributed by atoms with Crippen LogP contribution in [0.25, 0.3) is 111 Å². The third-order valence-corrected chi connectivity index (χ3v) is 14.2. The van der Waals surface area contributed by atoms with E-state index in [1.165, 1.54) is 89.0 Å². The molecule has 2 aromatic heterocycles. The van der Waals surface area contributed by atoms with Crippen LogP contribution in [0, 0.1) is 0 Å². The largest absolute Gasteiger partial charge is 0.456 e. The maximum absolute atomic E-state index is 6.35. The highest BCUT2D eigenvalue weighted by Gasteiger charge is 2.46. The molecule has 0 N–H and O–H groups in total. The quantitative estimate of drug-likeness (QED) is 0.177. The Hall–Kier alpha value is -7.42. The molecule has 0 radical (unpaired) electrons. The van der Waals surface area contributed by atoms with Gasteiger partial charge in [0.15, 0.2) is 0 Å². The van der Waals surface area contributed by atoms with Crippen molar-refractivity contribution in [2.45, 2.75) is 38.5 Å². The summed E-state index contributed by atoms with van der Waals surface area (Å²) >= 11 is 0. The lowest BCUT2D eigenvalue weighted by Crippen LogP contribution is -2.24. The van der Waals surface area contributed by atoms with Crippen LogP contribution < -0.4 is 0 Å². The highest BCUT2D eigenvalue weighted by atomic mass is 16.3. The van der Waals surface area contributed by atoms with E-state index in [0.29, 0.717) is 0 Å². The van der Waals surface area contributed by atoms with Crippen molar-refractivity contribution in [1.29, 1.82) is 0 Å². The third-order valence-electron chi connectivity index (χ3n) is 14.2. The van der Waals surface area contributed by atoms with Crippen molar-refractivity contribution in [2.75, 3.05) is 0 Å². The lowest BCUT2D eigenvalue weighted by Gasteiger charge is -2.31. The molecule has 2 nitrogen and oxygen atoms in total. The van der Waals surface area contributed by atoms with Crippen molar-refractivity contribution < 1.29 is 8.83 Å². The normalized spacial score (nSPS) is 14.4. The SMILES string of the molecule is CC1(C)c2cc(-c3ccc4oc5ccc(-c6ccccc6)cc5c4c3)ccc2-c2ccc3c(c21)C(C)(C)c1cc(-c2ccc4oc5ccc(-c6ccccc6)cc5c4c2)ccc1-3. The van der Waals surface area contributed by atoms with Crippen molar-refractivity contribution in [3.63, 3.8) is 0 Å². The molecule has 0 saturated heterocycles. The zero-order valence-corrected chi connectivity index (χ0v) is 35.1. The van der Waals surface area contributed by atoms with E-state index in [4.69, 9.17) is 8.83 Å². The Kier molecular flexibility index (Phi) is 7.16. The Morgan fingerprint density at radius 3 is 0.919 bits per heavy atom. The van der Waals surface area contributed by atoms with Crippen LogP contribution in [-0.2, 0) is 10.8 Å². The van der Waals surface area contributed by atoms with Crippen molar-refractivity contribution in [2.24, 2.45) is 0 Å². The minimum atomic E-state index is -0.197. The molecule has 0 unspecified atom stereocenters. The van der Waals surface area contributed by atoms with Crippen LogP contribution in [0.3, 0.4) is 0 Å². The molecular formula is C60H42O2. The van der Waals surface area contributed by atoms with E-state index in [-0.39, 0.29) is 10.8 Å². The van der Waals surface area contributed by atoms with Crippen LogP contribution in [0.2, 0.25) is 0 Å². The fraction of sp³-hybridized carbons (Fsp3) is 0.100. The molecule has 0 spiro atoms. The van der Waals surface area contributed by atoms with E-state index in [9.17, 15) is 0 Å². The number of hydrogen-bond donors (Lipinski definition) is 0. The van der Waals surface area contributed by atoms with E-state index >= 15 is 0 Å². The van der Waals surface area contributed by atoms with E-state index in [1.54, 1.807) is 0 Å². The van der Waals surface area contributed by atoms with Gasteiger partial charge in [-0.2, -0.15) is 0 Å². The summed E-state index contributed by atoms with van der Waals surface area (Å²) in [5, 5.41) is 4.58. The van der Waals surface area contributed by atoms with Gasteiger partial charge >= 0.3 is 0 Å². The van der Waals surface area contributed by atoms with Gasteiger partial charge < -0.3 is 8.83 Å². The van der Waals surface area contributed by atoms with Crippen molar-refractivity contribution in [3.05, 3.63) is 204 Å². The van der Waals surface area contributed by atoms with Gasteiger partial charge in [-0.3, -0.25) is 0 Å². The van der Waals surface area contributed by atoms with E-state index in [2.05, 4.69) is 210 Å². The number of furan rings is 2. The topological polar surface area (TPSA) is 26.3 Å². The summed E-state index contributed by atoms with van der Waals surface area (Å²) < 4.78 is 12.7. The molecule has 13 rings (SSSR count). The van der Waals surface area contributed by atoms with Gasteiger partial charge in [0.1, 0.15) is 22.3 Å². The first-order valence-corrected chi connectivity index (χ1v) is 21.7. The van der Waals surface area contributed by atoms with Gasteiger partial charge in [-0.1, -0.05) is 149 Å². The minimum absolute atomic E-state index is 0.197. The molecule has 2 aliphatic rings. The van der Waals surface area contributed by atoms with Gasteiger partial charge in [-0.25, -0.2) is 0 Å². The van der Waals surface area contributed by atoms with Crippen LogP contribution >= 0.6 is 0 Å². The molecule has 0 aliphatic heterocycles. The minimum Gasteiger partial charge on any atom is -0.456 e. The molecule has 0 amide bonds. The number of benzene rings is 9. The first-order chi connectivity index (χ1) is 30.2. The Bertz CT molecular complexity index is 3430. The van der Waals surface area contributed by atoms with Gasteiger partial charge in [0.25, 0.3) is 0 Å². The molecule has 0 fully saturated rings. The van der Waals surface area contributed by atoms with Crippen molar-refractivity contribution in [1.82, 2.24) is 0 Å². The third kappa shape index (κ3) is 4.98. The second-order valence-corrected chi connectivity index (χ2v) is 18.5. The highest BCUT2D eigenvalue weighted by molar-refractivity contribution is 6.09.